The Hall–Kier alpha value is -1.63. The molecule has 2 aliphatic rings. The largest absolute Gasteiger partial charge is 0.370 e. The molecule has 0 unspecified atom stereocenters. The van der Waals surface area contributed by atoms with E-state index in [4.69, 9.17) is 0 Å². The molecule has 1 aromatic rings. The zero-order valence-electron chi connectivity index (χ0n) is 15.9. The number of likely N-dealkylation sites (tertiary alicyclic amines) is 1. The van der Waals surface area contributed by atoms with Crippen LogP contribution in [-0.4, -0.2) is 55.1 Å². The molecule has 1 aromatic heterocycles. The van der Waals surface area contributed by atoms with Gasteiger partial charge >= 0.3 is 0 Å². The second kappa shape index (κ2) is 7.18. The van der Waals surface area contributed by atoms with Gasteiger partial charge in [-0.2, -0.15) is 0 Å². The molecule has 2 aliphatic heterocycles. The fraction of sp³-hybridized carbons (Fsp3) is 0.684. The topological polar surface area (TPSA) is 70.6 Å². The molecule has 0 atom stereocenters. The average Bonchev–Trinajstić information content (AvgIpc) is 3.15. The van der Waals surface area contributed by atoms with Crippen LogP contribution in [0.15, 0.2) is 23.4 Å². The Kier molecular flexibility index (Phi) is 5.28. The van der Waals surface area contributed by atoms with E-state index >= 15 is 0 Å². The van der Waals surface area contributed by atoms with E-state index in [9.17, 15) is 13.2 Å². The van der Waals surface area contributed by atoms with E-state index < -0.39 is 14.6 Å². The zero-order chi connectivity index (χ0) is 18.9. The Morgan fingerprint density at radius 3 is 2.19 bits per heavy atom. The summed E-state index contributed by atoms with van der Waals surface area (Å²) < 4.78 is 24.1. The fourth-order valence-electron chi connectivity index (χ4n) is 3.61. The Morgan fingerprint density at radius 1 is 1.08 bits per heavy atom. The standard InChI is InChI=1S/C19H29N3O3S/c1-19(2,3)26(24,25)17-7-6-16(14-20-17)21-12-8-15(9-13-21)18(23)22-10-4-5-11-22/h6-7,14-15H,4-5,8-13H2,1-3H3. The Balaban J connectivity index is 1.62. The minimum absolute atomic E-state index is 0.118. The highest BCUT2D eigenvalue weighted by Gasteiger charge is 2.33. The number of hydrogen-bond donors (Lipinski definition) is 0. The van der Waals surface area contributed by atoms with Crippen LogP contribution in [0, 0.1) is 5.92 Å². The number of hydrogen-bond acceptors (Lipinski definition) is 5. The SMILES string of the molecule is CC(C)(C)S(=O)(=O)c1ccc(N2CCC(C(=O)N3CCCC3)CC2)cn1. The third-order valence-corrected chi connectivity index (χ3v) is 7.83. The molecule has 0 N–H and O–H groups in total. The first kappa shape index (κ1) is 19.1. The van der Waals surface area contributed by atoms with Gasteiger partial charge in [0.05, 0.1) is 16.6 Å². The molecule has 6 nitrogen and oxygen atoms in total. The first-order valence-corrected chi connectivity index (χ1v) is 10.9. The summed E-state index contributed by atoms with van der Waals surface area (Å²) in [5.41, 5.74) is 0.921. The predicted octanol–water partition coefficient (Wildman–Crippen LogP) is 2.49. The maximum Gasteiger partial charge on any atom is 0.225 e. The third-order valence-electron chi connectivity index (χ3n) is 5.43. The van der Waals surface area contributed by atoms with Gasteiger partial charge in [0.15, 0.2) is 14.9 Å². The molecule has 0 aromatic carbocycles. The van der Waals surface area contributed by atoms with Crippen molar-refractivity contribution < 1.29 is 13.2 Å². The van der Waals surface area contributed by atoms with Gasteiger partial charge in [0.2, 0.25) is 5.91 Å². The summed E-state index contributed by atoms with van der Waals surface area (Å²) >= 11 is 0. The molecule has 0 saturated carbocycles. The number of pyridine rings is 1. The van der Waals surface area contributed by atoms with Crippen molar-refractivity contribution in [2.75, 3.05) is 31.1 Å². The van der Waals surface area contributed by atoms with E-state index in [2.05, 4.69) is 9.88 Å². The van der Waals surface area contributed by atoms with E-state index in [-0.39, 0.29) is 10.9 Å². The van der Waals surface area contributed by atoms with Crippen molar-refractivity contribution in [3.63, 3.8) is 0 Å². The van der Waals surface area contributed by atoms with Gasteiger partial charge in [-0.3, -0.25) is 4.79 Å². The van der Waals surface area contributed by atoms with Crippen LogP contribution in [0.2, 0.25) is 0 Å². The molecule has 0 radical (unpaired) electrons. The van der Waals surface area contributed by atoms with E-state index in [1.807, 2.05) is 11.0 Å². The van der Waals surface area contributed by atoms with E-state index in [1.165, 1.54) is 0 Å². The summed E-state index contributed by atoms with van der Waals surface area (Å²) in [6.45, 7) is 8.47. The Bertz CT molecular complexity index is 739. The molecule has 0 spiro atoms. The van der Waals surface area contributed by atoms with Crippen LogP contribution in [0.25, 0.3) is 0 Å². The number of piperidine rings is 1. The molecular formula is C19H29N3O3S. The van der Waals surface area contributed by atoms with Gasteiger partial charge in [0.25, 0.3) is 0 Å². The molecule has 0 aliphatic carbocycles. The number of amides is 1. The lowest BCUT2D eigenvalue weighted by Gasteiger charge is -2.34. The normalized spacial score (nSPS) is 19.8. The second-order valence-corrected chi connectivity index (χ2v) is 10.9. The smallest absolute Gasteiger partial charge is 0.225 e. The summed E-state index contributed by atoms with van der Waals surface area (Å²) in [4.78, 5) is 20.9. The second-order valence-electron chi connectivity index (χ2n) is 8.26. The molecule has 3 heterocycles. The highest BCUT2D eigenvalue weighted by molar-refractivity contribution is 7.92. The molecule has 1 amide bonds. The minimum atomic E-state index is -3.43. The molecule has 2 saturated heterocycles. The van der Waals surface area contributed by atoms with Crippen LogP contribution >= 0.6 is 0 Å². The van der Waals surface area contributed by atoms with E-state index in [0.717, 1.165) is 57.5 Å². The number of sulfone groups is 1. The lowest BCUT2D eigenvalue weighted by molar-refractivity contribution is -0.135. The van der Waals surface area contributed by atoms with Gasteiger partial charge in [0.1, 0.15) is 0 Å². The van der Waals surface area contributed by atoms with Crippen molar-refractivity contribution in [2.45, 2.75) is 56.2 Å². The quantitative estimate of drug-likeness (QED) is 0.807. The van der Waals surface area contributed by atoms with Gasteiger partial charge in [-0.15, -0.1) is 0 Å². The fourth-order valence-corrected chi connectivity index (χ4v) is 4.68. The van der Waals surface area contributed by atoms with Crippen molar-refractivity contribution in [3.05, 3.63) is 18.3 Å². The van der Waals surface area contributed by atoms with Crippen molar-refractivity contribution in [1.82, 2.24) is 9.88 Å². The van der Waals surface area contributed by atoms with Crippen LogP contribution in [0.1, 0.15) is 46.5 Å². The van der Waals surface area contributed by atoms with E-state index in [1.54, 1.807) is 33.0 Å². The minimum Gasteiger partial charge on any atom is -0.370 e. The average molecular weight is 380 g/mol. The molecule has 7 heteroatoms. The monoisotopic (exact) mass is 379 g/mol. The molecule has 2 fully saturated rings. The van der Waals surface area contributed by atoms with Crippen molar-refractivity contribution >= 4 is 21.4 Å². The summed E-state index contributed by atoms with van der Waals surface area (Å²) in [7, 11) is -3.43. The third kappa shape index (κ3) is 3.72. The summed E-state index contributed by atoms with van der Waals surface area (Å²) in [5.74, 6) is 0.435. The predicted molar refractivity (Wildman–Crippen MR) is 102 cm³/mol. The van der Waals surface area contributed by atoms with Gasteiger partial charge in [0, 0.05) is 32.1 Å². The number of rotatable bonds is 3. The van der Waals surface area contributed by atoms with Crippen LogP contribution in [0.5, 0.6) is 0 Å². The van der Waals surface area contributed by atoms with Crippen LogP contribution < -0.4 is 4.90 Å². The van der Waals surface area contributed by atoms with Gasteiger partial charge in [-0.1, -0.05) is 0 Å². The molecule has 26 heavy (non-hydrogen) atoms. The van der Waals surface area contributed by atoms with Crippen LogP contribution in [0.3, 0.4) is 0 Å². The lowest BCUT2D eigenvalue weighted by Crippen LogP contribution is -2.41. The highest BCUT2D eigenvalue weighted by Crippen LogP contribution is 2.28. The Morgan fingerprint density at radius 2 is 1.69 bits per heavy atom. The first-order valence-electron chi connectivity index (χ1n) is 9.44. The first-order chi connectivity index (χ1) is 12.2. The molecule has 0 bridgehead atoms. The molecule has 3 rings (SSSR count). The van der Waals surface area contributed by atoms with E-state index in [0.29, 0.717) is 5.91 Å². The Labute approximate surface area is 156 Å². The number of carbonyl (C=O) groups excluding carboxylic acids is 1. The van der Waals surface area contributed by atoms with Crippen LogP contribution in [0.4, 0.5) is 5.69 Å². The number of nitrogens with zero attached hydrogens (tertiary/aromatic N) is 3. The molecular weight excluding hydrogens is 350 g/mol. The highest BCUT2D eigenvalue weighted by atomic mass is 32.2. The van der Waals surface area contributed by atoms with Gasteiger partial charge in [-0.05, 0) is 58.6 Å². The van der Waals surface area contributed by atoms with Gasteiger partial charge in [-0.25, -0.2) is 13.4 Å². The summed E-state index contributed by atoms with van der Waals surface area (Å²) in [6, 6.07) is 3.42. The number of anilines is 1. The van der Waals surface area contributed by atoms with Crippen molar-refractivity contribution in [2.24, 2.45) is 5.92 Å². The van der Waals surface area contributed by atoms with Crippen molar-refractivity contribution in [3.8, 4) is 0 Å². The summed E-state index contributed by atoms with van der Waals surface area (Å²) in [5, 5.41) is 0.118. The molecule has 144 valence electrons. The maximum absolute atomic E-state index is 12.5. The van der Waals surface area contributed by atoms with Gasteiger partial charge < -0.3 is 9.80 Å². The maximum atomic E-state index is 12.5. The summed E-state index contributed by atoms with van der Waals surface area (Å²) in [6.07, 6.45) is 5.58. The zero-order valence-corrected chi connectivity index (χ0v) is 16.8. The number of aromatic nitrogens is 1. The van der Waals surface area contributed by atoms with Crippen molar-refractivity contribution in [1.29, 1.82) is 0 Å². The number of carbonyl (C=O) groups is 1. The van der Waals surface area contributed by atoms with Crippen LogP contribution in [-0.2, 0) is 14.6 Å². The lowest BCUT2D eigenvalue weighted by atomic mass is 9.95.